The maximum absolute atomic E-state index is 12.4. The summed E-state index contributed by atoms with van der Waals surface area (Å²) in [7, 11) is -3.84. The molecule has 7 heteroatoms. The van der Waals surface area contributed by atoms with Gasteiger partial charge in [0.1, 0.15) is 9.77 Å². The van der Waals surface area contributed by atoms with Crippen molar-refractivity contribution in [3.8, 4) is 0 Å². The van der Waals surface area contributed by atoms with Crippen LogP contribution in [0.1, 0.15) is 29.9 Å². The zero-order chi connectivity index (χ0) is 15.6. The largest absolute Gasteiger partial charge is 0.477 e. The van der Waals surface area contributed by atoms with Gasteiger partial charge in [-0.1, -0.05) is 32.0 Å². The number of fused-ring (bicyclic) bond motifs is 1. The van der Waals surface area contributed by atoms with Gasteiger partial charge in [0, 0.05) is 16.6 Å². The van der Waals surface area contributed by atoms with Gasteiger partial charge in [0.15, 0.2) is 0 Å². The molecule has 2 rings (SSSR count). The molecule has 114 valence electrons. The van der Waals surface area contributed by atoms with E-state index in [0.29, 0.717) is 29.0 Å². The van der Waals surface area contributed by atoms with Crippen LogP contribution in [-0.2, 0) is 10.0 Å². The van der Waals surface area contributed by atoms with Crippen LogP contribution in [-0.4, -0.2) is 26.0 Å². The molecular weight excluding hydrogens is 310 g/mol. The molecule has 0 radical (unpaired) electrons. The summed E-state index contributed by atoms with van der Waals surface area (Å²) in [5.74, 6) is -0.855. The van der Waals surface area contributed by atoms with E-state index in [9.17, 15) is 18.3 Å². The highest BCUT2D eigenvalue weighted by molar-refractivity contribution is 7.90. The third-order valence-electron chi connectivity index (χ3n) is 3.03. The molecule has 0 atom stereocenters. The SMILES string of the molecule is CC(C)CCNS(=O)(=O)c1c(C(=O)O)sc2ccccc12. The van der Waals surface area contributed by atoms with E-state index in [0.717, 1.165) is 11.3 Å². The van der Waals surface area contributed by atoms with Crippen LogP contribution in [0.4, 0.5) is 0 Å². The summed E-state index contributed by atoms with van der Waals surface area (Å²) in [6, 6.07) is 6.82. The summed E-state index contributed by atoms with van der Waals surface area (Å²) in [6.07, 6.45) is 0.698. The lowest BCUT2D eigenvalue weighted by atomic mass is 10.1. The topological polar surface area (TPSA) is 83.5 Å². The van der Waals surface area contributed by atoms with Crippen molar-refractivity contribution in [2.24, 2.45) is 5.92 Å². The third kappa shape index (κ3) is 3.42. The zero-order valence-electron chi connectivity index (χ0n) is 11.8. The number of thiophene rings is 1. The Labute approximate surface area is 127 Å². The quantitative estimate of drug-likeness (QED) is 0.854. The van der Waals surface area contributed by atoms with Crippen molar-refractivity contribution in [1.82, 2.24) is 4.72 Å². The van der Waals surface area contributed by atoms with Gasteiger partial charge in [-0.15, -0.1) is 11.3 Å². The van der Waals surface area contributed by atoms with Crippen LogP contribution >= 0.6 is 11.3 Å². The molecule has 0 unspecified atom stereocenters. The minimum atomic E-state index is -3.84. The van der Waals surface area contributed by atoms with Gasteiger partial charge in [0.2, 0.25) is 10.0 Å². The van der Waals surface area contributed by atoms with E-state index in [1.807, 2.05) is 13.8 Å². The lowest BCUT2D eigenvalue weighted by molar-refractivity contribution is 0.0698. The molecule has 0 amide bonds. The summed E-state index contributed by atoms with van der Waals surface area (Å²) in [5, 5.41) is 9.72. The van der Waals surface area contributed by atoms with Gasteiger partial charge < -0.3 is 5.11 Å². The Kier molecular flexibility index (Phi) is 4.65. The number of carboxylic acid groups (broad SMARTS) is 1. The molecule has 0 saturated carbocycles. The summed E-state index contributed by atoms with van der Waals surface area (Å²) in [4.78, 5) is 11.1. The van der Waals surface area contributed by atoms with E-state index in [-0.39, 0.29) is 9.77 Å². The normalized spacial score (nSPS) is 12.1. The molecule has 1 aromatic carbocycles. The molecule has 2 aromatic rings. The van der Waals surface area contributed by atoms with Crippen molar-refractivity contribution >= 4 is 37.4 Å². The number of hydrogen-bond donors (Lipinski definition) is 2. The molecule has 0 aliphatic rings. The maximum Gasteiger partial charge on any atom is 0.347 e. The molecule has 21 heavy (non-hydrogen) atoms. The van der Waals surface area contributed by atoms with Gasteiger partial charge in [-0.3, -0.25) is 0 Å². The van der Waals surface area contributed by atoms with Crippen LogP contribution in [0.3, 0.4) is 0 Å². The van der Waals surface area contributed by atoms with E-state index in [2.05, 4.69) is 4.72 Å². The number of hydrogen-bond acceptors (Lipinski definition) is 4. The number of aromatic carboxylic acids is 1. The number of carbonyl (C=O) groups is 1. The second kappa shape index (κ2) is 6.13. The fourth-order valence-electron chi connectivity index (χ4n) is 1.98. The maximum atomic E-state index is 12.4. The highest BCUT2D eigenvalue weighted by atomic mass is 32.2. The number of nitrogens with one attached hydrogen (secondary N) is 1. The van der Waals surface area contributed by atoms with Crippen LogP contribution in [0.25, 0.3) is 10.1 Å². The Morgan fingerprint density at radius 1 is 1.33 bits per heavy atom. The Bertz CT molecular complexity index is 762. The average Bonchev–Trinajstić information content (AvgIpc) is 2.78. The van der Waals surface area contributed by atoms with E-state index >= 15 is 0 Å². The second-order valence-electron chi connectivity index (χ2n) is 5.14. The number of sulfonamides is 1. The minimum absolute atomic E-state index is 0.126. The van der Waals surface area contributed by atoms with Crippen LogP contribution in [0.2, 0.25) is 0 Å². The smallest absolute Gasteiger partial charge is 0.347 e. The van der Waals surface area contributed by atoms with Gasteiger partial charge in [0.05, 0.1) is 0 Å². The number of rotatable bonds is 6. The lowest BCUT2D eigenvalue weighted by Gasteiger charge is -2.08. The highest BCUT2D eigenvalue weighted by Crippen LogP contribution is 2.34. The first-order valence-corrected chi connectivity index (χ1v) is 8.87. The van der Waals surface area contributed by atoms with Crippen molar-refractivity contribution in [3.63, 3.8) is 0 Å². The molecule has 2 N–H and O–H groups in total. The van der Waals surface area contributed by atoms with Crippen molar-refractivity contribution < 1.29 is 18.3 Å². The van der Waals surface area contributed by atoms with Crippen molar-refractivity contribution in [3.05, 3.63) is 29.1 Å². The monoisotopic (exact) mass is 327 g/mol. The van der Waals surface area contributed by atoms with Crippen LogP contribution in [0.15, 0.2) is 29.2 Å². The molecule has 0 fully saturated rings. The Morgan fingerprint density at radius 3 is 2.62 bits per heavy atom. The predicted molar refractivity (Wildman–Crippen MR) is 83.4 cm³/mol. The summed E-state index contributed by atoms with van der Waals surface area (Å²) < 4.78 is 28.0. The average molecular weight is 327 g/mol. The Hall–Kier alpha value is -1.44. The van der Waals surface area contributed by atoms with Gasteiger partial charge >= 0.3 is 5.97 Å². The van der Waals surface area contributed by atoms with Crippen molar-refractivity contribution in [2.45, 2.75) is 25.2 Å². The molecule has 0 aliphatic heterocycles. The zero-order valence-corrected chi connectivity index (χ0v) is 13.4. The van der Waals surface area contributed by atoms with Gasteiger partial charge in [-0.05, 0) is 18.4 Å². The summed E-state index contributed by atoms with van der Waals surface area (Å²) in [6.45, 7) is 4.29. The van der Waals surface area contributed by atoms with Crippen LogP contribution < -0.4 is 4.72 Å². The molecule has 5 nitrogen and oxygen atoms in total. The first-order chi connectivity index (χ1) is 9.83. The summed E-state index contributed by atoms with van der Waals surface area (Å²) >= 11 is 0.980. The Balaban J connectivity index is 2.48. The van der Waals surface area contributed by atoms with Gasteiger partial charge in [-0.2, -0.15) is 0 Å². The fourth-order valence-corrected chi connectivity index (χ4v) is 4.77. The van der Waals surface area contributed by atoms with Crippen molar-refractivity contribution in [2.75, 3.05) is 6.54 Å². The molecule has 1 aromatic heterocycles. The number of benzene rings is 1. The third-order valence-corrected chi connectivity index (χ3v) is 5.86. The Morgan fingerprint density at radius 2 is 2.00 bits per heavy atom. The molecule has 0 saturated heterocycles. The lowest BCUT2D eigenvalue weighted by Crippen LogP contribution is -2.26. The fraction of sp³-hybridized carbons (Fsp3) is 0.357. The first-order valence-electron chi connectivity index (χ1n) is 6.57. The van der Waals surface area contributed by atoms with E-state index in [1.165, 1.54) is 0 Å². The van der Waals surface area contributed by atoms with Crippen molar-refractivity contribution in [1.29, 1.82) is 0 Å². The molecule has 0 bridgehead atoms. The number of carboxylic acids is 1. The molecule has 0 aliphatic carbocycles. The van der Waals surface area contributed by atoms with E-state index in [1.54, 1.807) is 24.3 Å². The van der Waals surface area contributed by atoms with Crippen LogP contribution in [0, 0.1) is 5.92 Å². The molecule has 0 spiro atoms. The van der Waals surface area contributed by atoms with E-state index in [4.69, 9.17) is 0 Å². The van der Waals surface area contributed by atoms with Gasteiger partial charge in [0.25, 0.3) is 0 Å². The summed E-state index contributed by atoms with van der Waals surface area (Å²) in [5.41, 5.74) is 0. The molecule has 1 heterocycles. The molecular formula is C14H17NO4S2. The first kappa shape index (κ1) is 15.9. The van der Waals surface area contributed by atoms with Gasteiger partial charge in [-0.25, -0.2) is 17.9 Å². The van der Waals surface area contributed by atoms with Crippen LogP contribution in [0.5, 0.6) is 0 Å². The van der Waals surface area contributed by atoms with E-state index < -0.39 is 16.0 Å². The highest BCUT2D eigenvalue weighted by Gasteiger charge is 2.27. The second-order valence-corrected chi connectivity index (χ2v) is 7.90. The minimum Gasteiger partial charge on any atom is -0.477 e. The predicted octanol–water partition coefficient (Wildman–Crippen LogP) is 2.92. The standard InChI is InChI=1S/C14H17NO4S2/c1-9(2)7-8-15-21(18,19)13-10-5-3-4-6-11(10)20-12(13)14(16)17/h3-6,9,15H,7-8H2,1-2H3,(H,16,17).